The normalized spacial score (nSPS) is 16.8. The average Bonchev–Trinajstić information content (AvgIpc) is 3.00. The van der Waals surface area contributed by atoms with Gasteiger partial charge in [0, 0.05) is 22.1 Å². The van der Waals surface area contributed by atoms with Crippen molar-refractivity contribution in [3.63, 3.8) is 0 Å². The van der Waals surface area contributed by atoms with Gasteiger partial charge in [-0.1, -0.05) is 50.9 Å². The number of halogens is 1. The van der Waals surface area contributed by atoms with Crippen LogP contribution in [0.25, 0.3) is 0 Å². The standard InChI is InChI=1S/C17H15BrN2O2/c1-11-5-7-14(8-6-11)19-17(21)16-10-15(20-22-16)12-3-2-4-13(18)9-12/h2-9,16H,10H2,1H3,(H,19,21). The second-order valence-electron chi connectivity index (χ2n) is 5.20. The fourth-order valence-electron chi connectivity index (χ4n) is 2.22. The second-order valence-corrected chi connectivity index (χ2v) is 6.12. The van der Waals surface area contributed by atoms with E-state index in [0.717, 1.165) is 27.0 Å². The van der Waals surface area contributed by atoms with Crippen LogP contribution in [0.3, 0.4) is 0 Å². The van der Waals surface area contributed by atoms with Crippen LogP contribution in [-0.4, -0.2) is 17.7 Å². The van der Waals surface area contributed by atoms with Crippen molar-refractivity contribution >= 4 is 33.2 Å². The molecule has 0 saturated heterocycles. The number of oxime groups is 1. The Morgan fingerprint density at radius 1 is 1.27 bits per heavy atom. The maximum absolute atomic E-state index is 12.2. The number of hydrogen-bond acceptors (Lipinski definition) is 3. The van der Waals surface area contributed by atoms with Gasteiger partial charge in [0.25, 0.3) is 5.91 Å². The highest BCUT2D eigenvalue weighted by Gasteiger charge is 2.28. The molecule has 0 spiro atoms. The summed E-state index contributed by atoms with van der Waals surface area (Å²) in [7, 11) is 0. The number of anilines is 1. The molecule has 0 saturated carbocycles. The molecule has 1 atom stereocenters. The number of nitrogens with one attached hydrogen (secondary N) is 1. The predicted molar refractivity (Wildman–Crippen MR) is 90.0 cm³/mol. The van der Waals surface area contributed by atoms with Crippen molar-refractivity contribution < 1.29 is 9.63 Å². The topological polar surface area (TPSA) is 50.7 Å². The van der Waals surface area contributed by atoms with Gasteiger partial charge in [-0.15, -0.1) is 0 Å². The van der Waals surface area contributed by atoms with Gasteiger partial charge in [-0.05, 0) is 31.2 Å². The highest BCUT2D eigenvalue weighted by Crippen LogP contribution is 2.21. The summed E-state index contributed by atoms with van der Waals surface area (Å²) in [4.78, 5) is 17.5. The Labute approximate surface area is 137 Å². The van der Waals surface area contributed by atoms with Gasteiger partial charge in [-0.25, -0.2) is 0 Å². The summed E-state index contributed by atoms with van der Waals surface area (Å²) in [6.07, 6.45) is -0.121. The molecule has 0 bridgehead atoms. The molecule has 0 aliphatic carbocycles. The lowest BCUT2D eigenvalue weighted by molar-refractivity contribution is -0.125. The average molecular weight is 359 g/mol. The fraction of sp³-hybridized carbons (Fsp3) is 0.176. The van der Waals surface area contributed by atoms with Crippen LogP contribution in [0.4, 0.5) is 5.69 Å². The fourth-order valence-corrected chi connectivity index (χ4v) is 2.62. The monoisotopic (exact) mass is 358 g/mol. The number of carbonyl (C=O) groups excluding carboxylic acids is 1. The number of carbonyl (C=O) groups is 1. The number of benzene rings is 2. The molecule has 2 aromatic carbocycles. The predicted octanol–water partition coefficient (Wildman–Crippen LogP) is 3.89. The van der Waals surface area contributed by atoms with E-state index < -0.39 is 6.10 Å². The van der Waals surface area contributed by atoms with Crippen molar-refractivity contribution in [1.82, 2.24) is 0 Å². The lowest BCUT2D eigenvalue weighted by Gasteiger charge is -2.09. The molecular formula is C17H15BrN2O2. The summed E-state index contributed by atoms with van der Waals surface area (Å²) in [5.74, 6) is -0.183. The molecule has 0 aromatic heterocycles. The second kappa shape index (κ2) is 6.32. The van der Waals surface area contributed by atoms with E-state index in [4.69, 9.17) is 4.84 Å². The molecule has 1 heterocycles. The molecule has 1 aliphatic heterocycles. The van der Waals surface area contributed by atoms with Gasteiger partial charge in [0.15, 0.2) is 0 Å². The molecule has 1 aliphatic rings. The highest BCUT2D eigenvalue weighted by molar-refractivity contribution is 9.10. The van der Waals surface area contributed by atoms with Crippen LogP contribution in [0.15, 0.2) is 58.2 Å². The Morgan fingerprint density at radius 2 is 2.05 bits per heavy atom. The van der Waals surface area contributed by atoms with E-state index in [1.807, 2.05) is 55.5 Å². The molecule has 1 unspecified atom stereocenters. The number of hydrogen-bond donors (Lipinski definition) is 1. The molecule has 1 N–H and O–H groups in total. The van der Waals surface area contributed by atoms with E-state index in [2.05, 4.69) is 26.4 Å². The first-order valence-corrected chi connectivity index (χ1v) is 7.77. The summed E-state index contributed by atoms with van der Waals surface area (Å²) in [5.41, 5.74) is 3.65. The largest absolute Gasteiger partial charge is 0.382 e. The minimum Gasteiger partial charge on any atom is -0.382 e. The van der Waals surface area contributed by atoms with Crippen molar-refractivity contribution in [1.29, 1.82) is 0 Å². The molecule has 4 nitrogen and oxygen atoms in total. The van der Waals surface area contributed by atoms with E-state index in [0.29, 0.717) is 6.42 Å². The van der Waals surface area contributed by atoms with Crippen LogP contribution in [-0.2, 0) is 9.63 Å². The summed E-state index contributed by atoms with van der Waals surface area (Å²) in [6, 6.07) is 15.4. The molecule has 1 amide bonds. The number of nitrogens with zero attached hydrogens (tertiary/aromatic N) is 1. The molecule has 112 valence electrons. The number of amides is 1. The zero-order valence-corrected chi connectivity index (χ0v) is 13.6. The summed E-state index contributed by atoms with van der Waals surface area (Å²) >= 11 is 3.43. The Balaban J connectivity index is 1.64. The van der Waals surface area contributed by atoms with Crippen LogP contribution in [0.1, 0.15) is 17.5 Å². The van der Waals surface area contributed by atoms with Gasteiger partial charge in [0.2, 0.25) is 6.10 Å². The molecule has 5 heteroatoms. The van der Waals surface area contributed by atoms with Crippen molar-refractivity contribution in [2.24, 2.45) is 5.16 Å². The molecule has 0 fully saturated rings. The molecule has 22 heavy (non-hydrogen) atoms. The summed E-state index contributed by atoms with van der Waals surface area (Å²) < 4.78 is 0.972. The first-order valence-electron chi connectivity index (χ1n) is 6.98. The van der Waals surface area contributed by atoms with Gasteiger partial charge in [0.05, 0.1) is 5.71 Å². The van der Waals surface area contributed by atoms with Crippen LogP contribution >= 0.6 is 15.9 Å². The third kappa shape index (κ3) is 3.36. The molecule has 3 rings (SSSR count). The summed E-state index contributed by atoms with van der Waals surface area (Å²) in [6.45, 7) is 2.00. The van der Waals surface area contributed by atoms with Gasteiger partial charge < -0.3 is 10.2 Å². The minimum absolute atomic E-state index is 0.183. The van der Waals surface area contributed by atoms with Crippen molar-refractivity contribution in [3.05, 3.63) is 64.1 Å². The Kier molecular flexibility index (Phi) is 4.24. The lowest BCUT2D eigenvalue weighted by Crippen LogP contribution is -2.28. The van der Waals surface area contributed by atoms with E-state index in [9.17, 15) is 4.79 Å². The van der Waals surface area contributed by atoms with Crippen LogP contribution < -0.4 is 5.32 Å². The lowest BCUT2D eigenvalue weighted by atomic mass is 10.0. The Hall–Kier alpha value is -2.14. The van der Waals surface area contributed by atoms with Crippen molar-refractivity contribution in [2.45, 2.75) is 19.4 Å². The number of aryl methyl sites for hydroxylation is 1. The van der Waals surface area contributed by atoms with Crippen LogP contribution in [0.2, 0.25) is 0 Å². The number of rotatable bonds is 3. The van der Waals surface area contributed by atoms with Gasteiger partial charge in [0.1, 0.15) is 0 Å². The third-order valence-corrected chi connectivity index (χ3v) is 3.93. The van der Waals surface area contributed by atoms with Gasteiger partial charge in [-0.2, -0.15) is 0 Å². The molecule has 2 aromatic rings. The highest BCUT2D eigenvalue weighted by atomic mass is 79.9. The quantitative estimate of drug-likeness (QED) is 0.904. The molecular weight excluding hydrogens is 344 g/mol. The van der Waals surface area contributed by atoms with Gasteiger partial charge in [-0.3, -0.25) is 4.79 Å². The Bertz CT molecular complexity index is 726. The van der Waals surface area contributed by atoms with Crippen LogP contribution in [0, 0.1) is 6.92 Å². The smallest absolute Gasteiger partial charge is 0.268 e. The third-order valence-electron chi connectivity index (χ3n) is 3.44. The van der Waals surface area contributed by atoms with Crippen molar-refractivity contribution in [2.75, 3.05) is 5.32 Å². The first kappa shape index (κ1) is 14.8. The van der Waals surface area contributed by atoms with Gasteiger partial charge >= 0.3 is 0 Å². The summed E-state index contributed by atoms with van der Waals surface area (Å²) in [5, 5.41) is 6.89. The zero-order chi connectivity index (χ0) is 15.5. The maximum atomic E-state index is 12.2. The molecule has 0 radical (unpaired) electrons. The van der Waals surface area contributed by atoms with E-state index in [-0.39, 0.29) is 5.91 Å². The minimum atomic E-state index is -0.588. The Morgan fingerprint density at radius 3 is 2.77 bits per heavy atom. The van der Waals surface area contributed by atoms with E-state index in [1.165, 1.54) is 0 Å². The maximum Gasteiger partial charge on any atom is 0.268 e. The first-order chi connectivity index (χ1) is 10.6. The zero-order valence-electron chi connectivity index (χ0n) is 12.0. The SMILES string of the molecule is Cc1ccc(NC(=O)C2CC(c3cccc(Br)c3)=NO2)cc1. The van der Waals surface area contributed by atoms with Crippen molar-refractivity contribution in [3.8, 4) is 0 Å². The van der Waals surface area contributed by atoms with E-state index >= 15 is 0 Å². The van der Waals surface area contributed by atoms with Crippen LogP contribution in [0.5, 0.6) is 0 Å². The van der Waals surface area contributed by atoms with E-state index in [1.54, 1.807) is 0 Å².